The number of ether oxygens (including phenoxy) is 1. The molecule has 2 aliphatic rings. The number of halogens is 3. The molecule has 0 spiro atoms. The summed E-state index contributed by atoms with van der Waals surface area (Å²) in [5, 5.41) is 22.8. The van der Waals surface area contributed by atoms with Gasteiger partial charge in [-0.2, -0.15) is 13.2 Å². The number of urea groups is 1. The molecule has 0 aromatic carbocycles. The number of anilines is 3. The fraction of sp³-hybridized carbons (Fsp3) is 0.524. The fourth-order valence-electron chi connectivity index (χ4n) is 3.93. The molecule has 2 aromatic heterocycles. The van der Waals surface area contributed by atoms with E-state index in [1.165, 1.54) is 17.2 Å². The van der Waals surface area contributed by atoms with Crippen LogP contribution in [-0.2, 0) is 0 Å². The van der Waals surface area contributed by atoms with Crippen LogP contribution in [0.4, 0.5) is 35.3 Å². The van der Waals surface area contributed by atoms with E-state index in [0.717, 1.165) is 19.7 Å². The molecule has 4 N–H and O–H groups in total. The molecule has 0 saturated carbocycles. The molecule has 13 nitrogen and oxygen atoms in total. The van der Waals surface area contributed by atoms with Gasteiger partial charge >= 0.3 is 12.2 Å². The smallest absolute Gasteiger partial charge is 0.408 e. The van der Waals surface area contributed by atoms with Gasteiger partial charge in [-0.1, -0.05) is 0 Å². The molecular formula is C21H25F3N8O5. The van der Waals surface area contributed by atoms with Crippen molar-refractivity contribution in [1.29, 1.82) is 0 Å². The number of nitrogens with one attached hydrogen (secondary N) is 2. The van der Waals surface area contributed by atoms with Gasteiger partial charge in [-0.25, -0.2) is 24.7 Å². The van der Waals surface area contributed by atoms with Gasteiger partial charge in [0.15, 0.2) is 5.82 Å². The van der Waals surface area contributed by atoms with Crippen molar-refractivity contribution >= 4 is 29.3 Å². The number of aromatic nitrogens is 4. The molecule has 0 aliphatic carbocycles. The minimum atomic E-state index is -4.64. The molecular weight excluding hydrogens is 501 g/mol. The highest BCUT2D eigenvalue weighted by atomic mass is 19.4. The summed E-state index contributed by atoms with van der Waals surface area (Å²) in [5.41, 5.74) is 0.469. The average Bonchev–Trinajstić information content (AvgIpc) is 2.86. The fourth-order valence-corrected chi connectivity index (χ4v) is 3.93. The molecule has 1 saturated heterocycles. The highest BCUT2D eigenvalue weighted by Crippen LogP contribution is 2.37. The highest BCUT2D eigenvalue weighted by Gasteiger charge is 2.40. The zero-order valence-corrected chi connectivity index (χ0v) is 19.6. The third-order valence-corrected chi connectivity index (χ3v) is 5.85. The van der Waals surface area contributed by atoms with Crippen LogP contribution in [-0.4, -0.2) is 92.8 Å². The molecule has 4 rings (SSSR count). The van der Waals surface area contributed by atoms with Gasteiger partial charge in [0.2, 0.25) is 11.7 Å². The number of nitrogens with zero attached hydrogens (tertiary/aromatic N) is 6. The number of alkyl halides is 3. The first-order valence-corrected chi connectivity index (χ1v) is 11.4. The van der Waals surface area contributed by atoms with Gasteiger partial charge in [-0.3, -0.25) is 15.0 Å². The Labute approximate surface area is 208 Å². The number of amides is 3. The standard InChI is InChI=1S/C21H25F3N8O5/c1-11(21(22,23)24)28-19(35)17-25-6-14-18(30-17)32(12-3-2-4-31(14)7-12)20(36)29-15-5-16(27-10-26-15)37-9-13(34)8-33/h5-6,10-13,33-34H,2-4,7-9H2,1H3,(H,28,35)(H,26,27,29,36)/t11-,12?,13-/m1/s1. The number of carbonyl (C=O) groups excluding carboxylic acids is 2. The number of aliphatic hydroxyl groups excluding tert-OH is 2. The zero-order valence-electron chi connectivity index (χ0n) is 19.6. The molecule has 16 heteroatoms. The van der Waals surface area contributed by atoms with Crippen LogP contribution < -0.4 is 25.2 Å². The van der Waals surface area contributed by atoms with Crippen LogP contribution in [0.25, 0.3) is 0 Å². The summed E-state index contributed by atoms with van der Waals surface area (Å²) in [6, 6.07) is -1.76. The second-order valence-corrected chi connectivity index (χ2v) is 8.57. The summed E-state index contributed by atoms with van der Waals surface area (Å²) in [6.07, 6.45) is -1.89. The Balaban J connectivity index is 1.57. The minimum Gasteiger partial charge on any atom is -0.475 e. The van der Waals surface area contributed by atoms with E-state index in [2.05, 4.69) is 25.3 Å². The Morgan fingerprint density at radius 1 is 1.30 bits per heavy atom. The predicted octanol–water partition coefficient (Wildman–Crippen LogP) is 0.700. The number of rotatable bonds is 7. The first kappa shape index (κ1) is 26.3. The number of aliphatic hydroxyl groups is 2. The number of hydrogen-bond donors (Lipinski definition) is 4. The Morgan fingerprint density at radius 2 is 2.08 bits per heavy atom. The first-order chi connectivity index (χ1) is 17.6. The van der Waals surface area contributed by atoms with E-state index < -0.39 is 42.7 Å². The minimum absolute atomic E-state index is 0.0424. The Hall–Kier alpha value is -3.79. The molecule has 2 bridgehead atoms. The molecule has 4 heterocycles. The highest BCUT2D eigenvalue weighted by molar-refractivity contribution is 6.04. The number of fused-ring (bicyclic) bond motifs is 4. The van der Waals surface area contributed by atoms with Crippen LogP contribution in [0.1, 0.15) is 30.4 Å². The van der Waals surface area contributed by atoms with Crippen molar-refractivity contribution in [2.45, 2.75) is 44.1 Å². The number of carbonyl (C=O) groups is 2. The van der Waals surface area contributed by atoms with E-state index in [0.29, 0.717) is 25.2 Å². The van der Waals surface area contributed by atoms with Crippen LogP contribution in [0.2, 0.25) is 0 Å². The predicted molar refractivity (Wildman–Crippen MR) is 122 cm³/mol. The molecule has 3 atom stereocenters. The van der Waals surface area contributed by atoms with Crippen LogP contribution in [0, 0.1) is 0 Å². The lowest BCUT2D eigenvalue weighted by Gasteiger charge is -2.45. The first-order valence-electron chi connectivity index (χ1n) is 11.4. The molecule has 1 unspecified atom stereocenters. The molecule has 0 radical (unpaired) electrons. The van der Waals surface area contributed by atoms with Crippen LogP contribution in [0.15, 0.2) is 18.6 Å². The maximum Gasteiger partial charge on any atom is 0.408 e. The molecule has 1 fully saturated rings. The molecule has 3 amide bonds. The van der Waals surface area contributed by atoms with Gasteiger partial charge in [-0.05, 0) is 19.8 Å². The number of piperidine rings is 1. The summed E-state index contributed by atoms with van der Waals surface area (Å²) in [6.45, 7) is 1.23. The van der Waals surface area contributed by atoms with Gasteiger partial charge in [0, 0.05) is 19.2 Å². The largest absolute Gasteiger partial charge is 0.475 e. The van der Waals surface area contributed by atoms with Gasteiger partial charge < -0.3 is 25.2 Å². The second kappa shape index (κ2) is 10.7. The van der Waals surface area contributed by atoms with Crippen molar-refractivity contribution < 1.29 is 37.7 Å². The second-order valence-electron chi connectivity index (χ2n) is 8.57. The number of hydrogen-bond acceptors (Lipinski definition) is 10. The van der Waals surface area contributed by atoms with Gasteiger partial charge in [0.25, 0.3) is 5.91 Å². The normalized spacial score (nSPS) is 18.5. The van der Waals surface area contributed by atoms with Gasteiger partial charge in [0.1, 0.15) is 30.9 Å². The Bertz CT molecular complexity index is 1150. The Morgan fingerprint density at radius 3 is 2.81 bits per heavy atom. The van der Waals surface area contributed by atoms with Gasteiger partial charge in [-0.15, -0.1) is 0 Å². The lowest BCUT2D eigenvalue weighted by Crippen LogP contribution is -2.56. The topological polar surface area (TPSA) is 166 Å². The van der Waals surface area contributed by atoms with E-state index in [1.807, 2.05) is 10.2 Å². The van der Waals surface area contributed by atoms with E-state index in [9.17, 15) is 27.9 Å². The van der Waals surface area contributed by atoms with Crippen molar-refractivity contribution in [1.82, 2.24) is 25.3 Å². The third-order valence-electron chi connectivity index (χ3n) is 5.85. The maximum absolute atomic E-state index is 13.4. The summed E-state index contributed by atoms with van der Waals surface area (Å²) < 4.78 is 44.0. The van der Waals surface area contributed by atoms with Crippen LogP contribution in [0.3, 0.4) is 0 Å². The third kappa shape index (κ3) is 5.96. The monoisotopic (exact) mass is 526 g/mol. The van der Waals surface area contributed by atoms with Gasteiger partial charge in [0.05, 0.1) is 24.5 Å². The van der Waals surface area contributed by atoms with Crippen molar-refractivity contribution in [2.75, 3.05) is 41.4 Å². The molecule has 2 aromatic rings. The molecule has 37 heavy (non-hydrogen) atoms. The lowest BCUT2D eigenvalue weighted by molar-refractivity contribution is -0.149. The van der Waals surface area contributed by atoms with Crippen molar-refractivity contribution in [3.63, 3.8) is 0 Å². The van der Waals surface area contributed by atoms with E-state index in [4.69, 9.17) is 9.84 Å². The van der Waals surface area contributed by atoms with E-state index >= 15 is 0 Å². The average molecular weight is 526 g/mol. The van der Waals surface area contributed by atoms with Crippen LogP contribution >= 0.6 is 0 Å². The summed E-state index contributed by atoms with van der Waals surface area (Å²) in [4.78, 5) is 45.1. The Kier molecular flexibility index (Phi) is 7.58. The molecule has 2 aliphatic heterocycles. The SMILES string of the molecule is C[C@@H](NC(=O)c1ncc2c(n1)N(C(=O)Nc1cc(OC[C@H](O)CO)ncn1)C1CCCN2C1)C(F)(F)F. The summed E-state index contributed by atoms with van der Waals surface area (Å²) in [7, 11) is 0. The zero-order chi connectivity index (χ0) is 26.7. The van der Waals surface area contributed by atoms with Crippen molar-refractivity contribution in [3.05, 3.63) is 24.4 Å². The summed E-state index contributed by atoms with van der Waals surface area (Å²) in [5.74, 6) is -1.43. The van der Waals surface area contributed by atoms with Crippen molar-refractivity contribution in [2.24, 2.45) is 0 Å². The molecule has 200 valence electrons. The maximum atomic E-state index is 13.4. The lowest BCUT2D eigenvalue weighted by atomic mass is 10.0. The van der Waals surface area contributed by atoms with Crippen molar-refractivity contribution in [3.8, 4) is 5.88 Å². The quantitative estimate of drug-likeness (QED) is 0.403. The van der Waals surface area contributed by atoms with E-state index in [-0.39, 0.29) is 30.2 Å². The van der Waals surface area contributed by atoms with E-state index in [1.54, 1.807) is 0 Å². The van der Waals surface area contributed by atoms with Crippen LogP contribution in [0.5, 0.6) is 5.88 Å². The summed E-state index contributed by atoms with van der Waals surface area (Å²) >= 11 is 0.